The molecule has 1 heterocycles. The average molecular weight is 305 g/mol. The highest BCUT2D eigenvalue weighted by molar-refractivity contribution is 5.79. The van der Waals surface area contributed by atoms with E-state index in [1.807, 2.05) is 47.4 Å². The van der Waals surface area contributed by atoms with E-state index in [0.29, 0.717) is 12.3 Å². The van der Waals surface area contributed by atoms with Gasteiger partial charge in [0.2, 0.25) is 5.91 Å². The van der Waals surface area contributed by atoms with Crippen molar-refractivity contribution in [3.8, 4) is 0 Å². The molecule has 3 unspecified atom stereocenters. The molecule has 0 radical (unpaired) electrons. The highest BCUT2D eigenvalue weighted by Gasteiger charge is 2.39. The number of carbonyl (C=O) groups is 1. The van der Waals surface area contributed by atoms with Crippen LogP contribution in [0.5, 0.6) is 0 Å². The summed E-state index contributed by atoms with van der Waals surface area (Å²) < 4.78 is 0. The summed E-state index contributed by atoms with van der Waals surface area (Å²) in [4.78, 5) is 14.8. The van der Waals surface area contributed by atoms with Crippen molar-refractivity contribution in [2.75, 3.05) is 6.54 Å². The average Bonchev–Trinajstić information content (AvgIpc) is 2.59. The molecule has 0 aromatic heterocycles. The molecular weight excluding hydrogens is 282 g/mol. The van der Waals surface area contributed by atoms with Crippen molar-refractivity contribution in [1.82, 2.24) is 4.90 Å². The molecule has 0 saturated carbocycles. The third kappa shape index (κ3) is 3.21. The number of hydrogen-bond acceptors (Lipinski definition) is 1. The van der Waals surface area contributed by atoms with E-state index in [-0.39, 0.29) is 17.9 Å². The lowest BCUT2D eigenvalue weighted by Crippen LogP contribution is -2.51. The van der Waals surface area contributed by atoms with Crippen molar-refractivity contribution in [2.45, 2.75) is 25.3 Å². The van der Waals surface area contributed by atoms with Gasteiger partial charge >= 0.3 is 0 Å². The van der Waals surface area contributed by atoms with Gasteiger partial charge in [-0.25, -0.2) is 0 Å². The summed E-state index contributed by atoms with van der Waals surface area (Å²) in [5.74, 6) is 0.807. The first-order chi connectivity index (χ1) is 11.2. The van der Waals surface area contributed by atoms with Crippen LogP contribution in [0.25, 0.3) is 0 Å². The standard InChI is InChI=1S/C21H23NO/c1-3-17(18-10-6-4-7-11-18)14-20(23)22-15-16(2)21(22)19-12-8-5-9-13-19/h3-13,16-17,21H,1,14-15H2,2H3. The van der Waals surface area contributed by atoms with Gasteiger partial charge < -0.3 is 4.90 Å². The van der Waals surface area contributed by atoms with Crippen LogP contribution in [0, 0.1) is 5.92 Å². The minimum absolute atomic E-state index is 0.0797. The molecule has 1 aliphatic heterocycles. The van der Waals surface area contributed by atoms with E-state index in [9.17, 15) is 4.79 Å². The smallest absolute Gasteiger partial charge is 0.224 e. The fourth-order valence-corrected chi connectivity index (χ4v) is 3.45. The Morgan fingerprint density at radius 1 is 1.17 bits per heavy atom. The van der Waals surface area contributed by atoms with E-state index < -0.39 is 0 Å². The molecule has 0 aliphatic carbocycles. The summed E-state index contributed by atoms with van der Waals surface area (Å²) in [5, 5.41) is 0. The molecule has 1 saturated heterocycles. The lowest BCUT2D eigenvalue weighted by atomic mass is 9.83. The van der Waals surface area contributed by atoms with E-state index in [0.717, 1.165) is 12.1 Å². The lowest BCUT2D eigenvalue weighted by molar-refractivity contribution is -0.143. The quantitative estimate of drug-likeness (QED) is 0.741. The Morgan fingerprint density at radius 3 is 2.35 bits per heavy atom. The number of carbonyl (C=O) groups excluding carboxylic acids is 1. The van der Waals surface area contributed by atoms with Gasteiger partial charge in [-0.05, 0) is 17.0 Å². The molecule has 2 nitrogen and oxygen atoms in total. The Balaban J connectivity index is 1.72. The number of likely N-dealkylation sites (tertiary alicyclic amines) is 1. The number of allylic oxidation sites excluding steroid dienone is 1. The molecule has 1 aliphatic rings. The first kappa shape index (κ1) is 15.5. The molecule has 23 heavy (non-hydrogen) atoms. The van der Waals surface area contributed by atoms with E-state index in [4.69, 9.17) is 0 Å². The van der Waals surface area contributed by atoms with Crippen LogP contribution in [0.15, 0.2) is 73.3 Å². The van der Waals surface area contributed by atoms with Crippen LogP contribution in [0.3, 0.4) is 0 Å². The molecule has 0 N–H and O–H groups in total. The summed E-state index contributed by atoms with van der Waals surface area (Å²) in [6.45, 7) is 6.97. The van der Waals surface area contributed by atoms with Crippen molar-refractivity contribution in [3.05, 3.63) is 84.4 Å². The van der Waals surface area contributed by atoms with E-state index in [1.54, 1.807) is 0 Å². The predicted octanol–water partition coefficient (Wildman–Crippen LogP) is 4.57. The van der Waals surface area contributed by atoms with Gasteiger partial charge in [0.1, 0.15) is 0 Å². The topological polar surface area (TPSA) is 20.3 Å². The minimum atomic E-state index is 0.0797. The normalized spacial score (nSPS) is 21.3. The Hall–Kier alpha value is -2.35. The van der Waals surface area contributed by atoms with Crippen LogP contribution in [0.4, 0.5) is 0 Å². The zero-order valence-corrected chi connectivity index (χ0v) is 13.6. The minimum Gasteiger partial charge on any atom is -0.335 e. The second-order valence-electron chi connectivity index (χ2n) is 6.34. The van der Waals surface area contributed by atoms with Crippen molar-refractivity contribution in [1.29, 1.82) is 0 Å². The first-order valence-corrected chi connectivity index (χ1v) is 8.22. The number of rotatable bonds is 5. The molecule has 0 bridgehead atoms. The fraction of sp³-hybridized carbons (Fsp3) is 0.286. The highest BCUT2D eigenvalue weighted by atomic mass is 16.2. The van der Waals surface area contributed by atoms with Gasteiger partial charge in [-0.3, -0.25) is 4.79 Å². The molecule has 1 fully saturated rings. The highest BCUT2D eigenvalue weighted by Crippen LogP contribution is 2.39. The van der Waals surface area contributed by atoms with Gasteiger partial charge in [-0.1, -0.05) is 73.7 Å². The van der Waals surface area contributed by atoms with E-state index >= 15 is 0 Å². The zero-order valence-electron chi connectivity index (χ0n) is 13.6. The van der Waals surface area contributed by atoms with Crippen LogP contribution < -0.4 is 0 Å². The number of amides is 1. The van der Waals surface area contributed by atoms with Crippen LogP contribution in [0.2, 0.25) is 0 Å². The van der Waals surface area contributed by atoms with E-state index in [2.05, 4.69) is 37.8 Å². The Kier molecular flexibility index (Phi) is 4.61. The van der Waals surface area contributed by atoms with Gasteiger partial charge in [0, 0.05) is 18.9 Å². The van der Waals surface area contributed by atoms with Crippen LogP contribution in [-0.2, 0) is 4.79 Å². The van der Waals surface area contributed by atoms with Crippen molar-refractivity contribution >= 4 is 5.91 Å². The van der Waals surface area contributed by atoms with Gasteiger partial charge in [0.05, 0.1) is 6.04 Å². The summed E-state index contributed by atoms with van der Waals surface area (Å²) in [5.41, 5.74) is 2.38. The summed E-state index contributed by atoms with van der Waals surface area (Å²) in [6, 6.07) is 20.7. The molecule has 3 atom stereocenters. The number of hydrogen-bond donors (Lipinski definition) is 0. The maximum Gasteiger partial charge on any atom is 0.224 e. The second kappa shape index (κ2) is 6.82. The van der Waals surface area contributed by atoms with Crippen molar-refractivity contribution < 1.29 is 4.79 Å². The predicted molar refractivity (Wildman–Crippen MR) is 94.1 cm³/mol. The molecule has 0 spiro atoms. The Bertz CT molecular complexity index is 665. The molecule has 1 amide bonds. The lowest BCUT2D eigenvalue weighted by Gasteiger charge is -2.47. The van der Waals surface area contributed by atoms with Crippen LogP contribution in [-0.4, -0.2) is 17.4 Å². The zero-order chi connectivity index (χ0) is 16.2. The third-order valence-corrected chi connectivity index (χ3v) is 4.73. The van der Waals surface area contributed by atoms with Gasteiger partial charge in [-0.15, -0.1) is 6.58 Å². The Labute approximate surface area is 138 Å². The molecule has 2 aromatic carbocycles. The van der Waals surface area contributed by atoms with Crippen molar-refractivity contribution in [3.63, 3.8) is 0 Å². The Morgan fingerprint density at radius 2 is 1.78 bits per heavy atom. The van der Waals surface area contributed by atoms with Gasteiger partial charge in [0.25, 0.3) is 0 Å². The summed E-state index contributed by atoms with van der Waals surface area (Å²) in [6.07, 6.45) is 2.37. The number of benzene rings is 2. The summed E-state index contributed by atoms with van der Waals surface area (Å²) in [7, 11) is 0. The molecule has 2 aromatic rings. The maximum absolute atomic E-state index is 12.8. The SMILES string of the molecule is C=CC(CC(=O)N1CC(C)C1c1ccccc1)c1ccccc1. The summed E-state index contributed by atoms with van der Waals surface area (Å²) >= 11 is 0. The number of nitrogens with zero attached hydrogens (tertiary/aromatic N) is 1. The molecular formula is C21H23NO. The fourth-order valence-electron chi connectivity index (χ4n) is 3.45. The van der Waals surface area contributed by atoms with E-state index in [1.165, 1.54) is 5.56 Å². The van der Waals surface area contributed by atoms with Gasteiger partial charge in [0.15, 0.2) is 0 Å². The monoisotopic (exact) mass is 305 g/mol. The first-order valence-electron chi connectivity index (χ1n) is 8.22. The van der Waals surface area contributed by atoms with Crippen LogP contribution in [0.1, 0.15) is 36.4 Å². The van der Waals surface area contributed by atoms with Crippen molar-refractivity contribution in [2.24, 2.45) is 5.92 Å². The van der Waals surface area contributed by atoms with Gasteiger partial charge in [-0.2, -0.15) is 0 Å². The molecule has 3 rings (SSSR count). The largest absolute Gasteiger partial charge is 0.335 e. The third-order valence-electron chi connectivity index (χ3n) is 4.73. The maximum atomic E-state index is 12.8. The second-order valence-corrected chi connectivity index (χ2v) is 6.34. The van der Waals surface area contributed by atoms with Crippen LogP contribution >= 0.6 is 0 Å². The molecule has 118 valence electrons. The molecule has 2 heteroatoms.